The first-order valence-corrected chi connectivity index (χ1v) is 5.23. The highest BCUT2D eigenvalue weighted by Crippen LogP contribution is 1.97. The largest absolute Gasteiger partial charge is 0.382 e. The van der Waals surface area contributed by atoms with E-state index in [2.05, 4.69) is 26.5 Å². The third-order valence-electron chi connectivity index (χ3n) is 2.27. The lowest BCUT2D eigenvalue weighted by Crippen LogP contribution is -2.28. The molecule has 1 atom stereocenters. The van der Waals surface area contributed by atoms with Gasteiger partial charge in [0.15, 0.2) is 0 Å². The fraction of sp³-hybridized carbons (Fsp3) is 0.600. The van der Waals surface area contributed by atoms with Gasteiger partial charge in [0.05, 0.1) is 12.1 Å². The molecule has 90 valence electrons. The van der Waals surface area contributed by atoms with Crippen LogP contribution in [0.5, 0.6) is 0 Å². The van der Waals surface area contributed by atoms with Crippen molar-refractivity contribution in [3.05, 3.63) is 22.2 Å². The number of likely N-dealkylation sites (N-methyl/N-ethyl adjacent to an activating group) is 1. The van der Waals surface area contributed by atoms with Gasteiger partial charge in [-0.1, -0.05) is 6.92 Å². The van der Waals surface area contributed by atoms with Crippen LogP contribution < -0.4 is 11.4 Å². The number of aliphatic imine (C=N–C) groups is 1. The molecule has 0 saturated carbocycles. The minimum atomic E-state index is -0.452. The van der Waals surface area contributed by atoms with E-state index in [1.165, 1.54) is 6.07 Å². The van der Waals surface area contributed by atoms with Crippen molar-refractivity contribution in [1.82, 2.24) is 10.1 Å². The van der Waals surface area contributed by atoms with Gasteiger partial charge in [0.2, 0.25) is 0 Å². The Bertz CT molecular complexity index is 407. The zero-order valence-corrected chi connectivity index (χ0v) is 9.86. The van der Waals surface area contributed by atoms with Crippen LogP contribution in [0.1, 0.15) is 19.5 Å². The monoisotopic (exact) mass is 226 g/mol. The molecule has 0 aliphatic heterocycles. The van der Waals surface area contributed by atoms with E-state index in [0.717, 1.165) is 13.1 Å². The number of rotatable bonds is 5. The average molecular weight is 226 g/mol. The Morgan fingerprint density at radius 3 is 2.94 bits per heavy atom. The molecule has 1 rings (SSSR count). The van der Waals surface area contributed by atoms with Gasteiger partial charge < -0.3 is 15.2 Å². The van der Waals surface area contributed by atoms with Gasteiger partial charge in [0.25, 0.3) is 0 Å². The molecule has 1 aromatic rings. The lowest BCUT2D eigenvalue weighted by atomic mass is 10.3. The van der Waals surface area contributed by atoms with Crippen LogP contribution in [0.2, 0.25) is 0 Å². The van der Waals surface area contributed by atoms with Crippen LogP contribution in [0.4, 0.5) is 0 Å². The van der Waals surface area contributed by atoms with Gasteiger partial charge >= 0.3 is 5.63 Å². The number of nitrogens with two attached hydrogens (primary N) is 1. The van der Waals surface area contributed by atoms with Crippen molar-refractivity contribution in [3.8, 4) is 0 Å². The number of amidine groups is 1. The Hall–Kier alpha value is -1.56. The molecule has 1 heterocycles. The molecule has 16 heavy (non-hydrogen) atoms. The molecule has 1 unspecified atom stereocenters. The first kappa shape index (κ1) is 12.5. The minimum Gasteiger partial charge on any atom is -0.382 e. The Morgan fingerprint density at radius 2 is 2.44 bits per heavy atom. The molecule has 6 nitrogen and oxygen atoms in total. The highest BCUT2D eigenvalue weighted by atomic mass is 16.5. The van der Waals surface area contributed by atoms with Crippen LogP contribution in [-0.4, -0.2) is 42.1 Å². The summed E-state index contributed by atoms with van der Waals surface area (Å²) in [6, 6.07) is 1.36. The van der Waals surface area contributed by atoms with Gasteiger partial charge in [-0.25, -0.2) is 9.95 Å². The molecule has 6 heteroatoms. The topological polar surface area (TPSA) is 87.6 Å². The summed E-state index contributed by atoms with van der Waals surface area (Å²) in [5, 5.41) is 2.42. The van der Waals surface area contributed by atoms with Gasteiger partial charge in [-0.3, -0.25) is 4.99 Å². The third kappa shape index (κ3) is 3.54. The van der Waals surface area contributed by atoms with E-state index >= 15 is 0 Å². The molecular weight excluding hydrogens is 208 g/mol. The zero-order chi connectivity index (χ0) is 12.1. The lowest BCUT2D eigenvalue weighted by Gasteiger charge is -2.16. The van der Waals surface area contributed by atoms with Crippen LogP contribution in [0.3, 0.4) is 0 Å². The second-order valence-corrected chi connectivity index (χ2v) is 3.80. The lowest BCUT2D eigenvalue weighted by molar-refractivity contribution is 0.334. The maximum Gasteiger partial charge on any atom is 0.358 e. The average Bonchev–Trinajstić information content (AvgIpc) is 2.64. The summed E-state index contributed by atoms with van der Waals surface area (Å²) in [5.41, 5.74) is 5.70. The van der Waals surface area contributed by atoms with Gasteiger partial charge in [-0.05, 0) is 20.5 Å². The van der Waals surface area contributed by atoms with E-state index in [9.17, 15) is 4.79 Å². The van der Waals surface area contributed by atoms with E-state index < -0.39 is 5.63 Å². The molecule has 0 radical (unpaired) electrons. The van der Waals surface area contributed by atoms with Crippen molar-refractivity contribution in [2.75, 3.05) is 20.1 Å². The van der Waals surface area contributed by atoms with E-state index in [1.54, 1.807) is 0 Å². The standard InChI is InChI=1S/C10H18N4O2/c1-4-14(3)6-7(2)12-10(11)8-5-9(15)16-13-8/h5,7,13H,4,6H2,1-3H3,(H2,11,12). The highest BCUT2D eigenvalue weighted by molar-refractivity contribution is 5.95. The van der Waals surface area contributed by atoms with E-state index in [4.69, 9.17) is 5.73 Å². The smallest absolute Gasteiger partial charge is 0.358 e. The molecule has 0 aromatic carbocycles. The van der Waals surface area contributed by atoms with Crippen molar-refractivity contribution in [2.24, 2.45) is 10.7 Å². The van der Waals surface area contributed by atoms with Crippen LogP contribution in [0, 0.1) is 0 Å². The fourth-order valence-electron chi connectivity index (χ4n) is 1.34. The quantitative estimate of drug-likeness (QED) is 0.547. The normalized spacial score (nSPS) is 14.4. The summed E-state index contributed by atoms with van der Waals surface area (Å²) in [4.78, 5) is 17.2. The van der Waals surface area contributed by atoms with Crippen molar-refractivity contribution in [2.45, 2.75) is 19.9 Å². The molecule has 1 aromatic heterocycles. The maximum atomic E-state index is 10.8. The molecule has 0 saturated heterocycles. The second-order valence-electron chi connectivity index (χ2n) is 3.80. The van der Waals surface area contributed by atoms with E-state index in [0.29, 0.717) is 11.5 Å². The Labute approximate surface area is 94.1 Å². The van der Waals surface area contributed by atoms with Gasteiger partial charge in [0.1, 0.15) is 11.5 Å². The predicted molar refractivity (Wildman–Crippen MR) is 62.7 cm³/mol. The van der Waals surface area contributed by atoms with Crippen molar-refractivity contribution >= 4 is 5.84 Å². The fourth-order valence-corrected chi connectivity index (χ4v) is 1.34. The second kappa shape index (κ2) is 5.50. The van der Waals surface area contributed by atoms with E-state index in [1.807, 2.05) is 14.0 Å². The first-order valence-electron chi connectivity index (χ1n) is 5.23. The summed E-state index contributed by atoms with van der Waals surface area (Å²) >= 11 is 0. The minimum absolute atomic E-state index is 0.0725. The Morgan fingerprint density at radius 1 is 1.75 bits per heavy atom. The van der Waals surface area contributed by atoms with Crippen LogP contribution >= 0.6 is 0 Å². The number of nitrogens with one attached hydrogen (secondary N) is 1. The molecule has 3 N–H and O–H groups in total. The summed E-state index contributed by atoms with van der Waals surface area (Å²) < 4.78 is 4.52. The third-order valence-corrected chi connectivity index (χ3v) is 2.27. The number of H-pyrrole nitrogens is 1. The van der Waals surface area contributed by atoms with Crippen molar-refractivity contribution < 1.29 is 4.52 Å². The predicted octanol–water partition coefficient (Wildman–Crippen LogP) is 0.0134. The van der Waals surface area contributed by atoms with Crippen LogP contribution in [-0.2, 0) is 0 Å². The number of hydrogen-bond acceptors (Lipinski definition) is 4. The van der Waals surface area contributed by atoms with Gasteiger partial charge in [0, 0.05) is 6.54 Å². The zero-order valence-electron chi connectivity index (χ0n) is 9.86. The molecule has 0 aliphatic rings. The molecular formula is C10H18N4O2. The first-order chi connectivity index (χ1) is 7.52. The highest BCUT2D eigenvalue weighted by Gasteiger charge is 2.07. The summed E-state index contributed by atoms with van der Waals surface area (Å²) in [6.07, 6.45) is 0. The SMILES string of the molecule is CCN(C)CC(C)N=C(N)c1cc(=O)o[nH]1. The van der Waals surface area contributed by atoms with Crippen LogP contribution in [0.15, 0.2) is 20.4 Å². The Balaban J connectivity index is 2.65. The summed E-state index contributed by atoms with van der Waals surface area (Å²) in [6.45, 7) is 5.83. The number of nitrogens with zero attached hydrogens (tertiary/aromatic N) is 2. The summed E-state index contributed by atoms with van der Waals surface area (Å²) in [5.74, 6) is 0.294. The van der Waals surface area contributed by atoms with Crippen molar-refractivity contribution in [3.63, 3.8) is 0 Å². The number of hydrogen-bond donors (Lipinski definition) is 2. The van der Waals surface area contributed by atoms with Crippen LogP contribution in [0.25, 0.3) is 0 Å². The van der Waals surface area contributed by atoms with Gasteiger partial charge in [-0.2, -0.15) is 0 Å². The summed E-state index contributed by atoms with van der Waals surface area (Å²) in [7, 11) is 2.02. The molecule has 0 aliphatic carbocycles. The number of aromatic nitrogens is 1. The molecule has 0 bridgehead atoms. The van der Waals surface area contributed by atoms with Gasteiger partial charge in [-0.15, -0.1) is 0 Å². The van der Waals surface area contributed by atoms with Crippen molar-refractivity contribution in [1.29, 1.82) is 0 Å². The Kier molecular flexibility index (Phi) is 4.30. The number of aromatic amines is 1. The van der Waals surface area contributed by atoms with E-state index in [-0.39, 0.29) is 6.04 Å². The molecule has 0 amide bonds. The maximum absolute atomic E-state index is 10.8. The molecule has 0 fully saturated rings. The molecule has 0 spiro atoms.